The van der Waals surface area contributed by atoms with E-state index in [9.17, 15) is 35.1 Å². The predicted octanol–water partition coefficient (Wildman–Crippen LogP) is 1.15. The molecule has 2 amide bonds. The fourth-order valence-electron chi connectivity index (χ4n) is 5.13. The molecule has 0 fully saturated rings. The van der Waals surface area contributed by atoms with Crippen LogP contribution in [0, 0.1) is 5.92 Å². The van der Waals surface area contributed by atoms with Crippen LogP contribution in [0.25, 0.3) is 5.70 Å². The van der Waals surface area contributed by atoms with Crippen LogP contribution in [0.4, 0.5) is 5.69 Å². The summed E-state index contributed by atoms with van der Waals surface area (Å²) >= 11 is 1.50. The number of aliphatic hydroxyl groups is 5. The lowest BCUT2D eigenvalue weighted by Crippen LogP contribution is -2.58. The first kappa shape index (κ1) is 33.3. The Kier molecular flexibility index (Phi) is 10.3. The van der Waals surface area contributed by atoms with Crippen molar-refractivity contribution >= 4 is 42.4 Å². The molecule has 0 spiro atoms. The third-order valence-corrected chi connectivity index (χ3v) is 8.05. The molecule has 0 radical (unpaired) electrons. The zero-order valence-corrected chi connectivity index (χ0v) is 25.7. The summed E-state index contributed by atoms with van der Waals surface area (Å²) in [6.07, 6.45) is -1.72. The molecule has 228 valence electrons. The normalized spacial score (nSPS) is 14.9. The van der Waals surface area contributed by atoms with Crippen LogP contribution in [0.3, 0.4) is 0 Å². The number of nitrogens with zero attached hydrogens (tertiary/aromatic N) is 3. The van der Waals surface area contributed by atoms with E-state index in [1.807, 2.05) is 28.5 Å². The van der Waals surface area contributed by atoms with Gasteiger partial charge in [0.1, 0.15) is 5.75 Å². The second-order valence-electron chi connectivity index (χ2n) is 10.9. The van der Waals surface area contributed by atoms with Gasteiger partial charge in [-0.05, 0) is 66.8 Å². The van der Waals surface area contributed by atoms with E-state index in [4.69, 9.17) is 4.74 Å². The maximum Gasteiger partial charge on any atom is 0.371 e. The smallest absolute Gasteiger partial charge is 0.371 e. The van der Waals surface area contributed by atoms with E-state index in [-0.39, 0.29) is 10.5 Å². The minimum Gasteiger partial charge on any atom is -0.496 e. The highest BCUT2D eigenvalue weighted by atomic mass is 32.1. The molecular weight excluding hydrogens is 561 g/mol. The molecular formula is C29H40BN3O8S. The molecule has 1 aromatic heterocycles. The second-order valence-corrected chi connectivity index (χ2v) is 11.9. The quantitative estimate of drug-likeness (QED) is 0.145. The Morgan fingerprint density at radius 3 is 2.26 bits per heavy atom. The minimum absolute atomic E-state index is 0.201. The van der Waals surface area contributed by atoms with Gasteiger partial charge in [-0.15, -0.1) is 11.3 Å². The number of carbonyl (C=O) groups excluding carboxylic acids is 2. The summed E-state index contributed by atoms with van der Waals surface area (Å²) in [6, 6.07) is 7.91. The third-order valence-electron chi connectivity index (χ3n) is 7.13. The van der Waals surface area contributed by atoms with E-state index in [0.717, 1.165) is 48.6 Å². The van der Waals surface area contributed by atoms with Crippen molar-refractivity contribution in [2.45, 2.75) is 58.9 Å². The Labute approximate surface area is 251 Å². The number of hydrogen-bond donors (Lipinski definition) is 5. The van der Waals surface area contributed by atoms with Crippen LogP contribution >= 0.6 is 11.3 Å². The number of benzene rings is 1. The van der Waals surface area contributed by atoms with Crippen LogP contribution in [-0.2, 0) is 22.4 Å². The number of hydrogen-bond acceptors (Lipinski definition) is 10. The SMILES string of the molecule is BC(O)(O)N(CCN(C(C)=O)C(O)(O)O)C(=O)/C(C)=C1\CCc2cc(OC)c(CC(C)C)cc2N1C(=C)c1cccs1. The molecule has 1 aromatic carbocycles. The van der Waals surface area contributed by atoms with E-state index >= 15 is 0 Å². The zero-order chi connectivity index (χ0) is 31.6. The molecule has 42 heavy (non-hydrogen) atoms. The molecule has 2 aromatic rings. The largest absolute Gasteiger partial charge is 0.496 e. The van der Waals surface area contributed by atoms with E-state index < -0.39 is 36.8 Å². The van der Waals surface area contributed by atoms with Gasteiger partial charge in [0.2, 0.25) is 13.8 Å². The predicted molar refractivity (Wildman–Crippen MR) is 163 cm³/mol. The van der Waals surface area contributed by atoms with Gasteiger partial charge in [0.05, 0.1) is 17.7 Å². The highest BCUT2D eigenvalue weighted by Gasteiger charge is 2.38. The second kappa shape index (κ2) is 13.0. The molecule has 0 atom stereocenters. The Morgan fingerprint density at radius 2 is 1.76 bits per heavy atom. The summed E-state index contributed by atoms with van der Waals surface area (Å²) in [5, 5.41) is 51.6. The molecule has 0 unspecified atom stereocenters. The zero-order valence-electron chi connectivity index (χ0n) is 24.9. The van der Waals surface area contributed by atoms with E-state index in [2.05, 4.69) is 26.5 Å². The van der Waals surface area contributed by atoms with Gasteiger partial charge in [-0.25, -0.2) is 0 Å². The van der Waals surface area contributed by atoms with Crippen LogP contribution in [0.2, 0.25) is 0 Å². The standard InChI is InChI=1S/C29H40BN3O8S/c1-17(2)14-22-15-24-21(16-25(22)41-6)9-10-23(33(24)19(4)26-8-7-13-42-26)18(3)27(35)32(28(30,36)37)12-11-31(20(5)34)29(38,39)40/h7-8,13,15-17,36-40H,4,9-12,14,30H2,1-3,5-6H3/b23-18+. The molecule has 1 aliphatic heterocycles. The van der Waals surface area contributed by atoms with Crippen LogP contribution in [-0.4, -0.2) is 87.1 Å². The van der Waals surface area contributed by atoms with Gasteiger partial charge in [-0.3, -0.25) is 19.4 Å². The van der Waals surface area contributed by atoms with Gasteiger partial charge in [0.25, 0.3) is 5.91 Å². The molecule has 2 heterocycles. The number of ether oxygens (including phenoxy) is 1. The van der Waals surface area contributed by atoms with E-state index in [1.54, 1.807) is 14.0 Å². The molecule has 0 aliphatic carbocycles. The van der Waals surface area contributed by atoms with Gasteiger partial charge < -0.3 is 35.2 Å². The van der Waals surface area contributed by atoms with Crippen molar-refractivity contribution in [2.24, 2.45) is 5.92 Å². The van der Waals surface area contributed by atoms with Crippen molar-refractivity contribution < 1.29 is 39.9 Å². The van der Waals surface area contributed by atoms with Crippen molar-refractivity contribution in [3.05, 3.63) is 63.5 Å². The molecule has 1 aliphatic rings. The van der Waals surface area contributed by atoms with Crippen LogP contribution < -0.4 is 9.64 Å². The van der Waals surface area contributed by atoms with Crippen molar-refractivity contribution in [1.29, 1.82) is 0 Å². The summed E-state index contributed by atoms with van der Waals surface area (Å²) < 4.78 is 5.70. The monoisotopic (exact) mass is 601 g/mol. The fourth-order valence-corrected chi connectivity index (χ4v) is 5.82. The number of thiophene rings is 1. The van der Waals surface area contributed by atoms with Gasteiger partial charge in [-0.1, -0.05) is 26.5 Å². The minimum atomic E-state index is -3.49. The lowest BCUT2D eigenvalue weighted by atomic mass is 9.91. The average Bonchev–Trinajstić information content (AvgIpc) is 3.42. The molecule has 0 bridgehead atoms. The summed E-state index contributed by atoms with van der Waals surface area (Å²) in [4.78, 5) is 29.5. The Hall–Kier alpha value is -3.20. The van der Waals surface area contributed by atoms with Crippen molar-refractivity contribution in [1.82, 2.24) is 9.80 Å². The summed E-state index contributed by atoms with van der Waals surface area (Å²) in [5.74, 6) is -3.20. The van der Waals surface area contributed by atoms with Gasteiger partial charge in [0.15, 0.2) is 5.81 Å². The highest BCUT2D eigenvalue weighted by Crippen LogP contribution is 2.43. The molecule has 11 nitrogen and oxygen atoms in total. The number of methoxy groups -OCH3 is 1. The number of rotatable bonds is 11. The Bertz CT molecular complexity index is 1350. The summed E-state index contributed by atoms with van der Waals surface area (Å²) in [5.41, 5.74) is 4.30. The first-order valence-electron chi connectivity index (χ1n) is 13.6. The number of aryl methyl sites for hydroxylation is 1. The lowest BCUT2D eigenvalue weighted by molar-refractivity contribution is -0.382. The number of anilines is 1. The molecule has 0 saturated carbocycles. The van der Waals surface area contributed by atoms with Crippen molar-refractivity contribution in [3.8, 4) is 5.75 Å². The van der Waals surface area contributed by atoms with Gasteiger partial charge >= 0.3 is 6.10 Å². The number of allylic oxidation sites excluding steroid dienone is 1. The topological polar surface area (TPSA) is 154 Å². The van der Waals surface area contributed by atoms with E-state index in [1.165, 1.54) is 11.3 Å². The van der Waals surface area contributed by atoms with Gasteiger partial charge in [-0.2, -0.15) is 0 Å². The fraction of sp³-hybridized carbons (Fsp3) is 0.448. The van der Waals surface area contributed by atoms with Crippen LogP contribution in [0.1, 0.15) is 50.1 Å². The highest BCUT2D eigenvalue weighted by molar-refractivity contribution is 7.11. The third kappa shape index (κ3) is 7.41. The summed E-state index contributed by atoms with van der Waals surface area (Å²) in [7, 11) is 2.62. The van der Waals surface area contributed by atoms with Crippen LogP contribution in [0.15, 0.2) is 47.5 Å². The number of carbonyl (C=O) groups is 2. The first-order valence-corrected chi connectivity index (χ1v) is 14.5. The maximum atomic E-state index is 13.9. The first-order chi connectivity index (χ1) is 19.5. The molecule has 5 N–H and O–H groups in total. The molecule has 13 heteroatoms. The lowest BCUT2D eigenvalue weighted by Gasteiger charge is -2.39. The van der Waals surface area contributed by atoms with Crippen LogP contribution in [0.5, 0.6) is 5.75 Å². The van der Waals surface area contributed by atoms with Gasteiger partial charge in [0, 0.05) is 37.0 Å². The average molecular weight is 602 g/mol. The molecule has 3 rings (SSSR count). The van der Waals surface area contributed by atoms with E-state index in [0.29, 0.717) is 35.1 Å². The Balaban J connectivity index is 2.13. The van der Waals surface area contributed by atoms with Crippen molar-refractivity contribution in [2.75, 3.05) is 25.1 Å². The maximum absolute atomic E-state index is 13.9. The molecule has 0 saturated heterocycles. The number of amides is 2. The number of fused-ring (bicyclic) bond motifs is 1. The summed E-state index contributed by atoms with van der Waals surface area (Å²) in [6.45, 7) is 10.0. The Morgan fingerprint density at radius 1 is 1.12 bits per heavy atom. The van der Waals surface area contributed by atoms with Crippen molar-refractivity contribution in [3.63, 3.8) is 0 Å².